The van der Waals surface area contributed by atoms with Gasteiger partial charge in [-0.15, -0.1) is 5.10 Å². The highest BCUT2D eigenvalue weighted by Gasteiger charge is 2.15. The minimum Gasteiger partial charge on any atom is -0.493 e. The Labute approximate surface area is 163 Å². The summed E-state index contributed by atoms with van der Waals surface area (Å²) < 4.78 is 12.3. The van der Waals surface area contributed by atoms with Gasteiger partial charge in [-0.1, -0.05) is 39.8 Å². The van der Waals surface area contributed by atoms with E-state index >= 15 is 0 Å². The van der Waals surface area contributed by atoms with E-state index in [2.05, 4.69) is 31.4 Å². The Morgan fingerprint density at radius 1 is 1.23 bits per heavy atom. The molecule has 0 spiro atoms. The maximum atomic E-state index is 11.1. The van der Waals surface area contributed by atoms with Crippen molar-refractivity contribution in [2.75, 3.05) is 12.9 Å². The standard InChI is InChI=1S/C18H16BrN3O3S/c1-24-16-8-13(9-20-22-18-21-17(23)11-26-18)4-7-15(16)25-10-12-2-5-14(19)6-3-12/h2-9H,10-11H2,1H3,(H,21,22,23). The number of methoxy groups -OCH3 is 1. The summed E-state index contributed by atoms with van der Waals surface area (Å²) in [5.41, 5.74) is 1.88. The topological polar surface area (TPSA) is 72.3 Å². The van der Waals surface area contributed by atoms with E-state index in [1.807, 2.05) is 42.5 Å². The molecule has 1 aliphatic rings. The van der Waals surface area contributed by atoms with E-state index in [-0.39, 0.29) is 5.91 Å². The molecule has 0 saturated carbocycles. The van der Waals surface area contributed by atoms with Crippen molar-refractivity contribution >= 4 is 45.0 Å². The molecule has 2 aromatic rings. The maximum Gasteiger partial charge on any atom is 0.236 e. The molecule has 1 aliphatic heterocycles. The fourth-order valence-electron chi connectivity index (χ4n) is 2.15. The van der Waals surface area contributed by atoms with Crippen LogP contribution in [0.1, 0.15) is 11.1 Å². The number of rotatable bonds is 6. The van der Waals surface area contributed by atoms with Crippen molar-refractivity contribution < 1.29 is 14.3 Å². The second-order valence-corrected chi connectivity index (χ2v) is 7.19. The maximum absolute atomic E-state index is 11.1. The molecule has 1 heterocycles. The second-order valence-electron chi connectivity index (χ2n) is 5.31. The van der Waals surface area contributed by atoms with Crippen LogP contribution in [0.15, 0.2) is 57.1 Å². The third-order valence-electron chi connectivity index (χ3n) is 3.44. The minimum absolute atomic E-state index is 0.0575. The third-order valence-corrected chi connectivity index (χ3v) is 4.83. The summed E-state index contributed by atoms with van der Waals surface area (Å²) in [6, 6.07) is 13.5. The van der Waals surface area contributed by atoms with Gasteiger partial charge in [0.1, 0.15) is 6.61 Å². The quantitative estimate of drug-likeness (QED) is 0.557. The van der Waals surface area contributed by atoms with Gasteiger partial charge in [0, 0.05) is 4.47 Å². The largest absolute Gasteiger partial charge is 0.493 e. The third kappa shape index (κ3) is 5.09. The lowest BCUT2D eigenvalue weighted by atomic mass is 10.2. The van der Waals surface area contributed by atoms with Crippen molar-refractivity contribution in [3.8, 4) is 11.5 Å². The molecule has 1 fully saturated rings. The predicted molar refractivity (Wildman–Crippen MR) is 107 cm³/mol. The number of hydrogen-bond donors (Lipinski definition) is 1. The van der Waals surface area contributed by atoms with Gasteiger partial charge in [-0.2, -0.15) is 5.10 Å². The van der Waals surface area contributed by atoms with Gasteiger partial charge in [0.2, 0.25) is 5.91 Å². The van der Waals surface area contributed by atoms with E-state index in [0.29, 0.717) is 29.0 Å². The lowest BCUT2D eigenvalue weighted by Gasteiger charge is -2.11. The van der Waals surface area contributed by atoms with E-state index in [0.717, 1.165) is 15.6 Å². The number of halogens is 1. The average Bonchev–Trinajstić information content (AvgIpc) is 3.07. The first-order chi connectivity index (χ1) is 12.6. The number of hydrogen-bond acceptors (Lipinski definition) is 6. The zero-order valence-electron chi connectivity index (χ0n) is 13.9. The molecule has 0 aliphatic carbocycles. The van der Waals surface area contributed by atoms with Crippen LogP contribution < -0.4 is 14.8 Å². The van der Waals surface area contributed by atoms with Gasteiger partial charge in [0.25, 0.3) is 0 Å². The van der Waals surface area contributed by atoms with Crippen LogP contribution in [0.5, 0.6) is 11.5 Å². The fourth-order valence-corrected chi connectivity index (χ4v) is 3.05. The van der Waals surface area contributed by atoms with Crippen molar-refractivity contribution in [2.24, 2.45) is 10.2 Å². The zero-order valence-corrected chi connectivity index (χ0v) is 16.3. The Bertz CT molecular complexity index is 853. The SMILES string of the molecule is COc1cc(C=NN=C2NC(=O)CS2)ccc1OCc1ccc(Br)cc1. The van der Waals surface area contributed by atoms with E-state index in [9.17, 15) is 4.79 Å². The molecule has 0 unspecified atom stereocenters. The molecule has 0 radical (unpaired) electrons. The monoisotopic (exact) mass is 433 g/mol. The molecule has 3 rings (SSSR count). The second kappa shape index (κ2) is 8.86. The first-order valence-electron chi connectivity index (χ1n) is 7.73. The molecule has 6 nitrogen and oxygen atoms in total. The molecule has 0 atom stereocenters. The zero-order chi connectivity index (χ0) is 18.4. The smallest absolute Gasteiger partial charge is 0.236 e. The van der Waals surface area contributed by atoms with Gasteiger partial charge in [-0.3, -0.25) is 4.79 Å². The Morgan fingerprint density at radius 2 is 2.04 bits per heavy atom. The number of nitrogens with one attached hydrogen (secondary N) is 1. The molecule has 0 bridgehead atoms. The van der Waals surface area contributed by atoms with Crippen LogP contribution in [-0.2, 0) is 11.4 Å². The Hall–Kier alpha value is -2.32. The number of thioether (sulfide) groups is 1. The van der Waals surface area contributed by atoms with Crippen LogP contribution >= 0.6 is 27.7 Å². The normalized spacial score (nSPS) is 15.5. The van der Waals surface area contributed by atoms with Crippen LogP contribution in [0.2, 0.25) is 0 Å². The van der Waals surface area contributed by atoms with E-state index in [1.165, 1.54) is 11.8 Å². The predicted octanol–water partition coefficient (Wildman–Crippen LogP) is 3.59. The van der Waals surface area contributed by atoms with E-state index in [4.69, 9.17) is 9.47 Å². The number of ether oxygens (including phenoxy) is 2. The first-order valence-corrected chi connectivity index (χ1v) is 9.51. The summed E-state index contributed by atoms with van der Waals surface area (Å²) in [4.78, 5) is 11.1. The highest BCUT2D eigenvalue weighted by atomic mass is 79.9. The molecule has 1 N–H and O–H groups in total. The number of carbonyl (C=O) groups excluding carboxylic acids is 1. The van der Waals surface area contributed by atoms with Crippen molar-refractivity contribution in [3.63, 3.8) is 0 Å². The lowest BCUT2D eigenvalue weighted by molar-refractivity contribution is -0.116. The van der Waals surface area contributed by atoms with E-state index < -0.39 is 0 Å². The Morgan fingerprint density at radius 3 is 2.73 bits per heavy atom. The summed E-state index contributed by atoms with van der Waals surface area (Å²) in [7, 11) is 1.59. The van der Waals surface area contributed by atoms with Crippen LogP contribution in [0.4, 0.5) is 0 Å². The number of carbonyl (C=O) groups is 1. The molecule has 1 saturated heterocycles. The van der Waals surface area contributed by atoms with Gasteiger partial charge in [-0.25, -0.2) is 0 Å². The summed E-state index contributed by atoms with van der Waals surface area (Å²) >= 11 is 4.74. The molecular weight excluding hydrogens is 418 g/mol. The van der Waals surface area contributed by atoms with Crippen LogP contribution in [-0.4, -0.2) is 30.2 Å². The average molecular weight is 434 g/mol. The number of amides is 1. The number of nitrogens with zero attached hydrogens (tertiary/aromatic N) is 2. The molecule has 26 heavy (non-hydrogen) atoms. The highest BCUT2D eigenvalue weighted by Crippen LogP contribution is 2.28. The van der Waals surface area contributed by atoms with Gasteiger partial charge < -0.3 is 14.8 Å². The molecular formula is C18H16BrN3O3S. The molecule has 134 valence electrons. The summed E-state index contributed by atoms with van der Waals surface area (Å²) in [5, 5.41) is 11.1. The van der Waals surface area contributed by atoms with Gasteiger partial charge >= 0.3 is 0 Å². The van der Waals surface area contributed by atoms with Crippen LogP contribution in [0.3, 0.4) is 0 Å². The van der Waals surface area contributed by atoms with Crippen molar-refractivity contribution in [2.45, 2.75) is 6.61 Å². The van der Waals surface area contributed by atoms with Crippen molar-refractivity contribution in [1.82, 2.24) is 5.32 Å². The summed E-state index contributed by atoms with van der Waals surface area (Å²) in [6.07, 6.45) is 1.60. The van der Waals surface area contributed by atoms with Crippen molar-refractivity contribution in [1.29, 1.82) is 0 Å². The van der Waals surface area contributed by atoms with Crippen molar-refractivity contribution in [3.05, 3.63) is 58.1 Å². The number of amidine groups is 1. The number of benzene rings is 2. The molecule has 2 aromatic carbocycles. The van der Waals surface area contributed by atoms with Crippen LogP contribution in [0, 0.1) is 0 Å². The minimum atomic E-state index is -0.0575. The Balaban J connectivity index is 1.65. The fraction of sp³-hybridized carbons (Fsp3) is 0.167. The van der Waals surface area contributed by atoms with Crippen LogP contribution in [0.25, 0.3) is 0 Å². The lowest BCUT2D eigenvalue weighted by Crippen LogP contribution is -2.19. The summed E-state index contributed by atoms with van der Waals surface area (Å²) in [5.74, 6) is 1.59. The van der Waals surface area contributed by atoms with Gasteiger partial charge in [-0.05, 0) is 41.5 Å². The molecule has 1 amide bonds. The highest BCUT2D eigenvalue weighted by molar-refractivity contribution is 9.10. The molecule has 8 heteroatoms. The van der Waals surface area contributed by atoms with E-state index in [1.54, 1.807) is 13.3 Å². The molecule has 0 aromatic heterocycles. The Kier molecular flexibility index (Phi) is 6.30. The van der Waals surface area contributed by atoms with Gasteiger partial charge in [0.15, 0.2) is 16.7 Å². The van der Waals surface area contributed by atoms with Gasteiger partial charge in [0.05, 0.1) is 19.1 Å². The summed E-state index contributed by atoms with van der Waals surface area (Å²) in [6.45, 7) is 0.446. The first kappa shape index (κ1) is 18.5.